The number of nitrogens with zero attached hydrogens (tertiary/aromatic N) is 4. The number of rotatable bonds is 10. The van der Waals surface area contributed by atoms with E-state index in [9.17, 15) is 18.0 Å². The molecular formula is C21H27ClF3N5O2. The Balaban J connectivity index is 1.36. The minimum Gasteiger partial charge on any atom is -0.372 e. The monoisotopic (exact) mass is 473 g/mol. The maximum absolute atomic E-state index is 12.5. The second-order valence-electron chi connectivity index (χ2n) is 7.65. The van der Waals surface area contributed by atoms with Crippen LogP contribution in [0.25, 0.3) is 0 Å². The quantitative estimate of drug-likeness (QED) is 0.537. The van der Waals surface area contributed by atoms with Crippen molar-refractivity contribution in [2.24, 2.45) is 0 Å². The van der Waals surface area contributed by atoms with Gasteiger partial charge in [-0.3, -0.25) is 9.69 Å². The highest BCUT2D eigenvalue weighted by molar-refractivity contribution is 6.31. The van der Waals surface area contributed by atoms with Crippen molar-refractivity contribution < 1.29 is 22.7 Å². The number of benzene rings is 1. The van der Waals surface area contributed by atoms with E-state index in [0.717, 1.165) is 31.7 Å². The van der Waals surface area contributed by atoms with E-state index in [1.807, 2.05) is 24.3 Å². The molecule has 7 nitrogen and oxygen atoms in total. The summed E-state index contributed by atoms with van der Waals surface area (Å²) in [6, 6.07) is 9.23. The summed E-state index contributed by atoms with van der Waals surface area (Å²) in [7, 11) is 0. The van der Waals surface area contributed by atoms with Gasteiger partial charge < -0.3 is 15.0 Å². The summed E-state index contributed by atoms with van der Waals surface area (Å²) >= 11 is 6.21. The summed E-state index contributed by atoms with van der Waals surface area (Å²) in [6.07, 6.45) is -2.10. The molecule has 1 aliphatic rings. The number of hydrogen-bond acceptors (Lipinski definition) is 5. The number of anilines is 1. The van der Waals surface area contributed by atoms with Crippen molar-refractivity contribution in [2.45, 2.75) is 19.1 Å². The standard InChI is InChI=1S/C21H27ClF3N5O2/c22-18-5-2-1-4-17(18)14-30-19(6-7-26-30)27-20(31)15-29-11-9-28(10-12-29)8-3-13-32-16-21(23,24)25/h1-2,4-7H,3,8-16H2,(H,27,31). The van der Waals surface area contributed by atoms with Gasteiger partial charge in [0, 0.05) is 50.4 Å². The SMILES string of the molecule is O=C(CN1CCN(CCCOCC(F)(F)F)CC1)Nc1ccnn1Cc1ccccc1Cl. The zero-order chi connectivity index (χ0) is 23.0. The molecule has 1 saturated heterocycles. The Bertz CT molecular complexity index is 869. The molecule has 1 amide bonds. The van der Waals surface area contributed by atoms with Crippen LogP contribution in [0.5, 0.6) is 0 Å². The third kappa shape index (κ3) is 8.09. The molecule has 3 rings (SSSR count). The lowest BCUT2D eigenvalue weighted by atomic mass is 10.2. The molecule has 0 radical (unpaired) electrons. The molecule has 32 heavy (non-hydrogen) atoms. The van der Waals surface area contributed by atoms with Gasteiger partial charge in [-0.15, -0.1) is 0 Å². The molecule has 0 bridgehead atoms. The predicted octanol–water partition coefficient (Wildman–Crippen LogP) is 3.11. The molecule has 0 saturated carbocycles. The molecule has 0 aliphatic carbocycles. The first-order valence-corrected chi connectivity index (χ1v) is 10.8. The highest BCUT2D eigenvalue weighted by atomic mass is 35.5. The van der Waals surface area contributed by atoms with Crippen LogP contribution in [-0.4, -0.2) is 84.1 Å². The van der Waals surface area contributed by atoms with Crippen LogP contribution in [0.1, 0.15) is 12.0 Å². The first-order chi connectivity index (χ1) is 15.3. The van der Waals surface area contributed by atoms with E-state index in [0.29, 0.717) is 30.4 Å². The summed E-state index contributed by atoms with van der Waals surface area (Å²) < 4.78 is 42.5. The number of carbonyl (C=O) groups is 1. The van der Waals surface area contributed by atoms with Crippen molar-refractivity contribution in [2.75, 3.05) is 57.8 Å². The van der Waals surface area contributed by atoms with Gasteiger partial charge in [0.2, 0.25) is 5.91 Å². The minimum absolute atomic E-state index is 0.0873. The molecule has 176 valence electrons. The number of nitrogens with one attached hydrogen (secondary N) is 1. The van der Waals surface area contributed by atoms with Gasteiger partial charge in [-0.05, 0) is 18.1 Å². The van der Waals surface area contributed by atoms with Crippen LogP contribution < -0.4 is 5.32 Å². The Morgan fingerprint density at radius 2 is 1.84 bits per heavy atom. The van der Waals surface area contributed by atoms with E-state index in [2.05, 4.69) is 25.0 Å². The smallest absolute Gasteiger partial charge is 0.372 e. The molecule has 1 aromatic heterocycles. The molecule has 0 unspecified atom stereocenters. The van der Waals surface area contributed by atoms with Gasteiger partial charge >= 0.3 is 6.18 Å². The van der Waals surface area contributed by atoms with Crippen LogP contribution in [0.3, 0.4) is 0 Å². The topological polar surface area (TPSA) is 62.6 Å². The van der Waals surface area contributed by atoms with Crippen LogP contribution >= 0.6 is 11.6 Å². The van der Waals surface area contributed by atoms with Gasteiger partial charge in [0.15, 0.2) is 0 Å². The number of carbonyl (C=O) groups excluding carboxylic acids is 1. The van der Waals surface area contributed by atoms with Crippen molar-refractivity contribution in [3.63, 3.8) is 0 Å². The summed E-state index contributed by atoms with van der Waals surface area (Å²) in [5.41, 5.74) is 0.910. The van der Waals surface area contributed by atoms with E-state index in [1.54, 1.807) is 16.9 Å². The molecule has 11 heteroatoms. The number of amides is 1. The normalized spacial score (nSPS) is 15.8. The Morgan fingerprint density at radius 1 is 1.12 bits per heavy atom. The molecule has 1 fully saturated rings. The zero-order valence-electron chi connectivity index (χ0n) is 17.7. The fourth-order valence-electron chi connectivity index (χ4n) is 3.49. The third-order valence-corrected chi connectivity index (χ3v) is 5.49. The number of aromatic nitrogens is 2. The predicted molar refractivity (Wildman–Crippen MR) is 116 cm³/mol. The second kappa shape index (κ2) is 11.6. The molecular weight excluding hydrogens is 447 g/mol. The first kappa shape index (κ1) is 24.5. The first-order valence-electron chi connectivity index (χ1n) is 10.4. The van der Waals surface area contributed by atoms with E-state index >= 15 is 0 Å². The third-order valence-electron chi connectivity index (χ3n) is 5.12. The molecule has 0 spiro atoms. The van der Waals surface area contributed by atoms with Gasteiger partial charge in [-0.1, -0.05) is 29.8 Å². The maximum atomic E-state index is 12.5. The van der Waals surface area contributed by atoms with Crippen LogP contribution in [-0.2, 0) is 16.1 Å². The summed E-state index contributed by atoms with van der Waals surface area (Å²) in [6.45, 7) is 3.24. The molecule has 2 heterocycles. The Kier molecular flexibility index (Phi) is 8.92. The number of halogens is 4. The highest BCUT2D eigenvalue weighted by Gasteiger charge is 2.27. The molecule has 1 N–H and O–H groups in total. The minimum atomic E-state index is -4.28. The Labute approximate surface area is 190 Å². The van der Waals surface area contributed by atoms with Crippen LogP contribution in [0.2, 0.25) is 5.02 Å². The van der Waals surface area contributed by atoms with Gasteiger partial charge in [-0.25, -0.2) is 4.68 Å². The average molecular weight is 474 g/mol. The van der Waals surface area contributed by atoms with E-state index in [-0.39, 0.29) is 19.1 Å². The molecule has 1 aliphatic heterocycles. The summed E-state index contributed by atoms with van der Waals surface area (Å²) in [4.78, 5) is 16.7. The molecule has 2 aromatic rings. The van der Waals surface area contributed by atoms with Crippen molar-refractivity contribution in [3.05, 3.63) is 47.1 Å². The largest absolute Gasteiger partial charge is 0.411 e. The number of alkyl halides is 3. The van der Waals surface area contributed by atoms with Gasteiger partial charge in [0.25, 0.3) is 0 Å². The number of ether oxygens (including phenoxy) is 1. The zero-order valence-corrected chi connectivity index (χ0v) is 18.4. The Hall–Kier alpha value is -2.14. The van der Waals surface area contributed by atoms with Crippen LogP contribution in [0, 0.1) is 0 Å². The number of piperazine rings is 1. The van der Waals surface area contributed by atoms with Gasteiger partial charge in [-0.2, -0.15) is 18.3 Å². The lowest BCUT2D eigenvalue weighted by molar-refractivity contribution is -0.174. The lowest BCUT2D eigenvalue weighted by Gasteiger charge is -2.34. The average Bonchev–Trinajstić information content (AvgIpc) is 3.16. The second-order valence-corrected chi connectivity index (χ2v) is 8.06. The van der Waals surface area contributed by atoms with Crippen LogP contribution in [0.4, 0.5) is 19.0 Å². The maximum Gasteiger partial charge on any atom is 0.411 e. The van der Waals surface area contributed by atoms with E-state index < -0.39 is 12.8 Å². The van der Waals surface area contributed by atoms with Crippen molar-refractivity contribution >= 4 is 23.3 Å². The highest BCUT2D eigenvalue weighted by Crippen LogP contribution is 2.18. The van der Waals surface area contributed by atoms with E-state index in [4.69, 9.17) is 11.6 Å². The fraction of sp³-hybridized carbons (Fsp3) is 0.524. The van der Waals surface area contributed by atoms with Crippen molar-refractivity contribution in [1.82, 2.24) is 19.6 Å². The Morgan fingerprint density at radius 3 is 2.56 bits per heavy atom. The summed E-state index contributed by atoms with van der Waals surface area (Å²) in [5, 5.41) is 7.82. The fourth-order valence-corrected chi connectivity index (χ4v) is 3.68. The van der Waals surface area contributed by atoms with E-state index in [1.165, 1.54) is 0 Å². The van der Waals surface area contributed by atoms with Crippen molar-refractivity contribution in [3.8, 4) is 0 Å². The summed E-state index contributed by atoms with van der Waals surface area (Å²) in [5.74, 6) is 0.479. The lowest BCUT2D eigenvalue weighted by Crippen LogP contribution is -2.48. The van der Waals surface area contributed by atoms with Gasteiger partial charge in [0.1, 0.15) is 12.4 Å². The van der Waals surface area contributed by atoms with Gasteiger partial charge in [0.05, 0.1) is 19.3 Å². The molecule has 0 atom stereocenters. The van der Waals surface area contributed by atoms with Crippen LogP contribution in [0.15, 0.2) is 36.5 Å². The number of hydrogen-bond donors (Lipinski definition) is 1. The van der Waals surface area contributed by atoms with Crippen molar-refractivity contribution in [1.29, 1.82) is 0 Å². The molecule has 1 aromatic carbocycles.